The third kappa shape index (κ3) is 3.35. The van der Waals surface area contributed by atoms with Gasteiger partial charge < -0.3 is 15.3 Å². The molecule has 0 fully saturated rings. The number of hydrogen-bond acceptors (Lipinski definition) is 3. The summed E-state index contributed by atoms with van der Waals surface area (Å²) in [5.41, 5.74) is 2.65. The van der Waals surface area contributed by atoms with Crippen molar-refractivity contribution in [2.45, 2.75) is 12.2 Å². The fraction of sp³-hybridized carbons (Fsp3) is 0.200. The summed E-state index contributed by atoms with van der Waals surface area (Å²) >= 11 is 3.14. The Kier molecular flexibility index (Phi) is 4.58. The summed E-state index contributed by atoms with van der Waals surface area (Å²) in [5.74, 6) is 0.233. The minimum atomic E-state index is -0.895. The van der Waals surface area contributed by atoms with E-state index in [1.807, 2.05) is 24.3 Å². The second kappa shape index (κ2) is 6.19. The monoisotopic (exact) mass is 322 g/mol. The fourth-order valence-corrected chi connectivity index (χ4v) is 2.19. The zero-order valence-electron chi connectivity index (χ0n) is 10.2. The van der Waals surface area contributed by atoms with Gasteiger partial charge in [-0.1, -0.05) is 52.3 Å². The van der Waals surface area contributed by atoms with Crippen molar-refractivity contribution in [3.63, 3.8) is 0 Å². The van der Waals surface area contributed by atoms with Crippen molar-refractivity contribution in [3.05, 3.63) is 54.1 Å². The number of aliphatic hydroxyl groups is 2. The molecule has 2 unspecified atom stereocenters. The molecule has 0 aliphatic carbocycles. The Morgan fingerprint density at radius 2 is 1.32 bits per heavy atom. The van der Waals surface area contributed by atoms with Gasteiger partial charge in [0.05, 0.1) is 6.10 Å². The largest absolute Gasteiger partial charge is 0.508 e. The summed E-state index contributed by atoms with van der Waals surface area (Å²) in [6.07, 6.45) is -1.72. The first kappa shape index (κ1) is 14.1. The van der Waals surface area contributed by atoms with Crippen LogP contribution in [0.5, 0.6) is 5.75 Å². The summed E-state index contributed by atoms with van der Waals surface area (Å²) in [5, 5.41) is 29.0. The van der Waals surface area contributed by atoms with Crippen LogP contribution < -0.4 is 0 Å². The van der Waals surface area contributed by atoms with E-state index in [4.69, 9.17) is 0 Å². The molecule has 19 heavy (non-hydrogen) atoms. The molecule has 0 spiro atoms. The van der Waals surface area contributed by atoms with E-state index < -0.39 is 12.2 Å². The standard InChI is InChI=1S/C15H15BrO3/c16-9-14(18)15(19)12-3-1-10(2-4-12)11-5-7-13(17)8-6-11/h1-8,14-15,17-19H,9H2. The van der Waals surface area contributed by atoms with Crippen molar-refractivity contribution < 1.29 is 15.3 Å². The molecule has 2 rings (SSSR count). The van der Waals surface area contributed by atoms with E-state index in [1.165, 1.54) is 0 Å². The van der Waals surface area contributed by atoms with Crippen LogP contribution in [0.15, 0.2) is 48.5 Å². The molecular formula is C15H15BrO3. The maximum Gasteiger partial charge on any atom is 0.115 e. The van der Waals surface area contributed by atoms with Crippen LogP contribution in [0, 0.1) is 0 Å². The number of phenols is 1. The Labute approximate surface area is 120 Å². The molecule has 3 nitrogen and oxygen atoms in total. The number of benzene rings is 2. The van der Waals surface area contributed by atoms with Crippen LogP contribution in [0.25, 0.3) is 11.1 Å². The average Bonchev–Trinajstić information content (AvgIpc) is 2.46. The molecule has 2 atom stereocenters. The number of aromatic hydroxyl groups is 1. The molecule has 3 N–H and O–H groups in total. The van der Waals surface area contributed by atoms with Crippen molar-refractivity contribution in [2.75, 3.05) is 5.33 Å². The lowest BCUT2D eigenvalue weighted by Gasteiger charge is -2.16. The number of alkyl halides is 1. The SMILES string of the molecule is Oc1ccc(-c2ccc(C(O)C(O)CBr)cc2)cc1. The molecule has 0 radical (unpaired) electrons. The van der Waals surface area contributed by atoms with Crippen LogP contribution >= 0.6 is 15.9 Å². The van der Waals surface area contributed by atoms with E-state index in [1.54, 1.807) is 24.3 Å². The number of phenolic OH excluding ortho intramolecular Hbond substituents is 1. The van der Waals surface area contributed by atoms with Crippen LogP contribution in [0.2, 0.25) is 0 Å². The predicted molar refractivity (Wildman–Crippen MR) is 78.3 cm³/mol. The van der Waals surface area contributed by atoms with Gasteiger partial charge in [0.25, 0.3) is 0 Å². The topological polar surface area (TPSA) is 60.7 Å². The number of halogens is 1. The van der Waals surface area contributed by atoms with Crippen LogP contribution in [0.1, 0.15) is 11.7 Å². The maximum absolute atomic E-state index is 9.87. The molecule has 0 saturated carbocycles. The molecule has 0 aliphatic heterocycles. The first-order valence-electron chi connectivity index (χ1n) is 5.93. The summed E-state index contributed by atoms with van der Waals surface area (Å²) in [7, 11) is 0. The van der Waals surface area contributed by atoms with Gasteiger partial charge in [-0.3, -0.25) is 0 Å². The average molecular weight is 323 g/mol. The Balaban J connectivity index is 2.21. The first-order valence-corrected chi connectivity index (χ1v) is 7.05. The Hall–Kier alpha value is -1.36. The van der Waals surface area contributed by atoms with E-state index in [2.05, 4.69) is 15.9 Å². The molecular weight excluding hydrogens is 308 g/mol. The minimum Gasteiger partial charge on any atom is -0.508 e. The Morgan fingerprint density at radius 1 is 0.842 bits per heavy atom. The van der Waals surface area contributed by atoms with Gasteiger partial charge in [0.1, 0.15) is 11.9 Å². The van der Waals surface area contributed by atoms with E-state index in [0.29, 0.717) is 10.9 Å². The molecule has 0 aliphatic rings. The van der Waals surface area contributed by atoms with Crippen LogP contribution in [0.3, 0.4) is 0 Å². The third-order valence-corrected chi connectivity index (χ3v) is 3.64. The van der Waals surface area contributed by atoms with E-state index in [9.17, 15) is 15.3 Å². The van der Waals surface area contributed by atoms with Gasteiger partial charge in [-0.05, 0) is 28.8 Å². The lowest BCUT2D eigenvalue weighted by Crippen LogP contribution is -2.19. The fourth-order valence-electron chi connectivity index (χ4n) is 1.83. The highest BCUT2D eigenvalue weighted by Crippen LogP contribution is 2.25. The van der Waals surface area contributed by atoms with E-state index in [0.717, 1.165) is 11.1 Å². The van der Waals surface area contributed by atoms with Gasteiger partial charge in [0, 0.05) is 5.33 Å². The normalized spacial score (nSPS) is 14.1. The highest BCUT2D eigenvalue weighted by Gasteiger charge is 2.16. The third-order valence-electron chi connectivity index (χ3n) is 2.98. The van der Waals surface area contributed by atoms with Gasteiger partial charge in [0.15, 0.2) is 0 Å². The minimum absolute atomic E-state index is 0.233. The Bertz CT molecular complexity index is 522. The van der Waals surface area contributed by atoms with Crippen LogP contribution in [0.4, 0.5) is 0 Å². The second-order valence-corrected chi connectivity index (χ2v) is 4.98. The van der Waals surface area contributed by atoms with Gasteiger partial charge in [-0.2, -0.15) is 0 Å². The van der Waals surface area contributed by atoms with Crippen molar-refractivity contribution in [1.82, 2.24) is 0 Å². The smallest absolute Gasteiger partial charge is 0.115 e. The van der Waals surface area contributed by atoms with Crippen LogP contribution in [-0.2, 0) is 0 Å². The lowest BCUT2D eigenvalue weighted by molar-refractivity contribution is 0.0343. The molecule has 0 amide bonds. The zero-order valence-corrected chi connectivity index (χ0v) is 11.8. The quantitative estimate of drug-likeness (QED) is 0.758. The number of aliphatic hydroxyl groups excluding tert-OH is 2. The summed E-state index contributed by atoms with van der Waals surface area (Å²) in [6.45, 7) is 0. The summed E-state index contributed by atoms with van der Waals surface area (Å²) in [4.78, 5) is 0. The molecule has 4 heteroatoms. The van der Waals surface area contributed by atoms with Gasteiger partial charge in [-0.15, -0.1) is 0 Å². The molecule has 2 aromatic rings. The molecule has 0 aromatic heterocycles. The number of rotatable bonds is 4. The molecule has 2 aromatic carbocycles. The second-order valence-electron chi connectivity index (χ2n) is 4.34. The highest BCUT2D eigenvalue weighted by atomic mass is 79.9. The van der Waals surface area contributed by atoms with Crippen molar-refractivity contribution in [3.8, 4) is 16.9 Å². The van der Waals surface area contributed by atoms with Gasteiger partial charge in [-0.25, -0.2) is 0 Å². The first-order chi connectivity index (χ1) is 9.11. The summed E-state index contributed by atoms with van der Waals surface area (Å²) in [6, 6.07) is 14.3. The maximum atomic E-state index is 9.87. The van der Waals surface area contributed by atoms with E-state index >= 15 is 0 Å². The van der Waals surface area contributed by atoms with Crippen LogP contribution in [-0.4, -0.2) is 26.8 Å². The zero-order chi connectivity index (χ0) is 13.8. The van der Waals surface area contributed by atoms with Crippen molar-refractivity contribution in [2.24, 2.45) is 0 Å². The predicted octanol–water partition coefficient (Wildman–Crippen LogP) is 2.85. The van der Waals surface area contributed by atoms with Crippen molar-refractivity contribution >= 4 is 15.9 Å². The van der Waals surface area contributed by atoms with Crippen molar-refractivity contribution in [1.29, 1.82) is 0 Å². The molecule has 0 heterocycles. The molecule has 100 valence electrons. The Morgan fingerprint density at radius 3 is 1.79 bits per heavy atom. The van der Waals surface area contributed by atoms with E-state index in [-0.39, 0.29) is 5.75 Å². The molecule has 0 bridgehead atoms. The number of hydrogen-bond donors (Lipinski definition) is 3. The summed E-state index contributed by atoms with van der Waals surface area (Å²) < 4.78 is 0. The molecule has 0 saturated heterocycles. The lowest BCUT2D eigenvalue weighted by atomic mass is 10.00. The van der Waals surface area contributed by atoms with Gasteiger partial charge in [0.2, 0.25) is 0 Å². The highest BCUT2D eigenvalue weighted by molar-refractivity contribution is 9.09. The van der Waals surface area contributed by atoms with Gasteiger partial charge >= 0.3 is 0 Å².